The van der Waals surface area contributed by atoms with Crippen LogP contribution in [-0.4, -0.2) is 32.8 Å². The maximum Gasteiger partial charge on any atom is 0.326 e. The van der Waals surface area contributed by atoms with E-state index in [-0.39, 0.29) is 0 Å². The molecule has 2 aromatic rings. The highest BCUT2D eigenvalue weighted by atomic mass is 35.5. The summed E-state index contributed by atoms with van der Waals surface area (Å²) in [6.07, 6.45) is 1.74. The standard InChI is InChI=1S/C15H16ClN3O3/c1-3-13(15(21)22)18-14(20)12-8-17-19(9(12)2)11-6-4-10(16)5-7-11/h4-8,13H,3H2,1-2H3,(H,18,20)(H,21,22). The van der Waals surface area contributed by atoms with Gasteiger partial charge >= 0.3 is 5.97 Å². The van der Waals surface area contributed by atoms with Crippen LogP contribution in [-0.2, 0) is 4.79 Å². The van der Waals surface area contributed by atoms with E-state index in [1.54, 1.807) is 42.8 Å². The zero-order valence-electron chi connectivity index (χ0n) is 12.2. The van der Waals surface area contributed by atoms with Crippen LogP contribution >= 0.6 is 11.6 Å². The molecule has 0 bridgehead atoms. The second kappa shape index (κ2) is 6.62. The molecule has 0 aliphatic rings. The minimum atomic E-state index is -1.06. The molecule has 0 aliphatic heterocycles. The van der Waals surface area contributed by atoms with E-state index in [0.29, 0.717) is 22.7 Å². The molecule has 1 atom stereocenters. The summed E-state index contributed by atoms with van der Waals surface area (Å²) in [4.78, 5) is 23.2. The van der Waals surface area contributed by atoms with Crippen LogP contribution in [0.5, 0.6) is 0 Å². The van der Waals surface area contributed by atoms with Gasteiger partial charge in [-0.25, -0.2) is 9.48 Å². The van der Waals surface area contributed by atoms with Crippen LogP contribution in [0.1, 0.15) is 29.4 Å². The van der Waals surface area contributed by atoms with Gasteiger partial charge in [0, 0.05) is 5.02 Å². The van der Waals surface area contributed by atoms with Gasteiger partial charge in [-0.3, -0.25) is 4.79 Å². The van der Waals surface area contributed by atoms with E-state index >= 15 is 0 Å². The fraction of sp³-hybridized carbons (Fsp3) is 0.267. The van der Waals surface area contributed by atoms with Gasteiger partial charge in [-0.05, 0) is 37.6 Å². The van der Waals surface area contributed by atoms with E-state index in [0.717, 1.165) is 5.69 Å². The summed E-state index contributed by atoms with van der Waals surface area (Å²) in [6.45, 7) is 3.45. The number of carbonyl (C=O) groups is 2. The third kappa shape index (κ3) is 3.28. The van der Waals surface area contributed by atoms with Crippen molar-refractivity contribution in [2.24, 2.45) is 0 Å². The largest absolute Gasteiger partial charge is 0.480 e. The summed E-state index contributed by atoms with van der Waals surface area (Å²) < 4.78 is 1.60. The van der Waals surface area contributed by atoms with E-state index in [4.69, 9.17) is 16.7 Å². The van der Waals surface area contributed by atoms with Gasteiger partial charge < -0.3 is 10.4 Å². The molecule has 116 valence electrons. The molecule has 0 fully saturated rings. The smallest absolute Gasteiger partial charge is 0.326 e. The lowest BCUT2D eigenvalue weighted by atomic mass is 10.2. The SMILES string of the molecule is CCC(NC(=O)c1cnn(-c2ccc(Cl)cc2)c1C)C(=O)O. The fourth-order valence-electron chi connectivity index (χ4n) is 2.05. The van der Waals surface area contributed by atoms with Crippen LogP contribution in [0, 0.1) is 6.92 Å². The predicted octanol–water partition coefficient (Wildman–Crippen LogP) is 2.43. The van der Waals surface area contributed by atoms with Gasteiger partial charge in [0.15, 0.2) is 0 Å². The molecular weight excluding hydrogens is 306 g/mol. The molecule has 0 saturated heterocycles. The first-order valence-electron chi connectivity index (χ1n) is 6.78. The van der Waals surface area contributed by atoms with Crippen molar-refractivity contribution < 1.29 is 14.7 Å². The summed E-state index contributed by atoms with van der Waals surface area (Å²) in [5.41, 5.74) is 1.74. The number of carboxylic acid groups (broad SMARTS) is 1. The second-order valence-electron chi connectivity index (χ2n) is 4.80. The number of carbonyl (C=O) groups excluding carboxylic acids is 1. The van der Waals surface area contributed by atoms with Crippen LogP contribution in [0.25, 0.3) is 5.69 Å². The monoisotopic (exact) mass is 321 g/mol. The summed E-state index contributed by atoms with van der Waals surface area (Å²) in [5, 5.41) is 16.3. The van der Waals surface area contributed by atoms with Crippen molar-refractivity contribution in [3.8, 4) is 5.69 Å². The molecule has 1 amide bonds. The molecule has 1 unspecified atom stereocenters. The molecule has 7 heteroatoms. The summed E-state index contributed by atoms with van der Waals surface area (Å²) >= 11 is 5.85. The first-order chi connectivity index (χ1) is 10.4. The van der Waals surface area contributed by atoms with Gasteiger partial charge in [-0.1, -0.05) is 18.5 Å². The Labute approximate surface area is 132 Å². The number of carboxylic acids is 1. The van der Waals surface area contributed by atoms with Gasteiger partial charge in [0.1, 0.15) is 6.04 Å². The number of halogens is 1. The van der Waals surface area contributed by atoms with Crippen LogP contribution in [0.15, 0.2) is 30.5 Å². The number of benzene rings is 1. The predicted molar refractivity (Wildman–Crippen MR) is 82.5 cm³/mol. The highest BCUT2D eigenvalue weighted by molar-refractivity contribution is 6.30. The Bertz CT molecular complexity index is 695. The number of amides is 1. The molecule has 0 radical (unpaired) electrons. The Morgan fingerprint density at radius 1 is 1.36 bits per heavy atom. The van der Waals surface area contributed by atoms with Crippen molar-refractivity contribution in [2.75, 3.05) is 0 Å². The molecule has 0 spiro atoms. The van der Waals surface area contributed by atoms with Crippen molar-refractivity contribution in [2.45, 2.75) is 26.3 Å². The Kier molecular flexibility index (Phi) is 4.82. The number of nitrogens with one attached hydrogen (secondary N) is 1. The molecule has 1 aromatic carbocycles. The van der Waals surface area contributed by atoms with Gasteiger partial charge in [-0.2, -0.15) is 5.10 Å². The molecule has 1 heterocycles. The number of hydrogen-bond acceptors (Lipinski definition) is 3. The highest BCUT2D eigenvalue weighted by Crippen LogP contribution is 2.17. The highest BCUT2D eigenvalue weighted by Gasteiger charge is 2.21. The van der Waals surface area contributed by atoms with Crippen molar-refractivity contribution in [1.82, 2.24) is 15.1 Å². The number of aromatic nitrogens is 2. The zero-order chi connectivity index (χ0) is 16.3. The van der Waals surface area contributed by atoms with Crippen LogP contribution in [0.4, 0.5) is 0 Å². The summed E-state index contributed by atoms with van der Waals surface area (Å²) in [6, 6.07) is 6.13. The topological polar surface area (TPSA) is 84.2 Å². The van der Waals surface area contributed by atoms with Crippen molar-refractivity contribution in [3.05, 3.63) is 46.7 Å². The van der Waals surface area contributed by atoms with Gasteiger partial charge in [-0.15, -0.1) is 0 Å². The van der Waals surface area contributed by atoms with E-state index in [1.165, 1.54) is 6.20 Å². The number of aliphatic carboxylic acids is 1. The Balaban J connectivity index is 2.25. The van der Waals surface area contributed by atoms with Crippen molar-refractivity contribution >= 4 is 23.5 Å². The zero-order valence-corrected chi connectivity index (χ0v) is 13.0. The average Bonchev–Trinajstić information content (AvgIpc) is 2.87. The molecule has 2 rings (SSSR count). The first kappa shape index (κ1) is 16.0. The lowest BCUT2D eigenvalue weighted by molar-refractivity contribution is -0.139. The third-order valence-electron chi connectivity index (χ3n) is 3.34. The molecule has 1 aromatic heterocycles. The maximum absolute atomic E-state index is 12.2. The van der Waals surface area contributed by atoms with Gasteiger partial charge in [0.2, 0.25) is 0 Å². The average molecular weight is 322 g/mol. The normalized spacial score (nSPS) is 12.0. The lowest BCUT2D eigenvalue weighted by Crippen LogP contribution is -2.40. The molecule has 0 aliphatic carbocycles. The van der Waals surface area contributed by atoms with E-state index in [9.17, 15) is 9.59 Å². The van der Waals surface area contributed by atoms with Crippen LogP contribution < -0.4 is 5.32 Å². The van der Waals surface area contributed by atoms with E-state index < -0.39 is 17.9 Å². The lowest BCUT2D eigenvalue weighted by Gasteiger charge is -2.12. The van der Waals surface area contributed by atoms with Gasteiger partial charge in [0.25, 0.3) is 5.91 Å². The Morgan fingerprint density at radius 3 is 2.55 bits per heavy atom. The van der Waals surface area contributed by atoms with Crippen LogP contribution in [0.3, 0.4) is 0 Å². The first-order valence-corrected chi connectivity index (χ1v) is 7.16. The van der Waals surface area contributed by atoms with Crippen molar-refractivity contribution in [3.63, 3.8) is 0 Å². The number of rotatable bonds is 5. The van der Waals surface area contributed by atoms with Crippen LogP contribution in [0.2, 0.25) is 5.02 Å². The second-order valence-corrected chi connectivity index (χ2v) is 5.24. The quantitative estimate of drug-likeness (QED) is 0.885. The van der Waals surface area contributed by atoms with E-state index in [1.807, 2.05) is 0 Å². The molecule has 0 saturated carbocycles. The minimum Gasteiger partial charge on any atom is -0.480 e. The van der Waals surface area contributed by atoms with Gasteiger partial charge in [0.05, 0.1) is 23.1 Å². The molecule has 22 heavy (non-hydrogen) atoms. The number of hydrogen-bond donors (Lipinski definition) is 2. The Morgan fingerprint density at radius 2 is 2.00 bits per heavy atom. The van der Waals surface area contributed by atoms with Crippen molar-refractivity contribution in [1.29, 1.82) is 0 Å². The summed E-state index contributed by atoms with van der Waals surface area (Å²) in [7, 11) is 0. The fourth-order valence-corrected chi connectivity index (χ4v) is 2.18. The molecule has 6 nitrogen and oxygen atoms in total. The summed E-state index contributed by atoms with van der Waals surface area (Å²) in [5.74, 6) is -1.51. The molecular formula is C15H16ClN3O3. The number of nitrogens with zero attached hydrogens (tertiary/aromatic N) is 2. The molecule has 2 N–H and O–H groups in total. The van der Waals surface area contributed by atoms with E-state index in [2.05, 4.69) is 10.4 Å². The minimum absolute atomic E-state index is 0.311. The Hall–Kier alpha value is -2.34. The third-order valence-corrected chi connectivity index (χ3v) is 3.59. The maximum atomic E-state index is 12.2.